The van der Waals surface area contributed by atoms with Crippen molar-refractivity contribution in [3.05, 3.63) is 62.4 Å². The van der Waals surface area contributed by atoms with E-state index in [0.717, 1.165) is 0 Å². The topological polar surface area (TPSA) is 134 Å². The molecule has 0 amide bonds. The Hall–Kier alpha value is -3.60. The van der Waals surface area contributed by atoms with Crippen LogP contribution in [0.5, 0.6) is 11.5 Å². The zero-order valence-corrected chi connectivity index (χ0v) is 16.2. The minimum absolute atomic E-state index is 0.190. The number of aromatic nitrogens is 3. The lowest BCUT2D eigenvalue weighted by Gasteiger charge is -2.22. The molecular formula is C18H16N5O5S+. The van der Waals surface area contributed by atoms with Crippen molar-refractivity contribution >= 4 is 23.1 Å². The Morgan fingerprint density at radius 3 is 2.76 bits per heavy atom. The van der Waals surface area contributed by atoms with Crippen LogP contribution < -0.4 is 20.3 Å². The van der Waals surface area contributed by atoms with Crippen molar-refractivity contribution in [2.45, 2.75) is 11.3 Å². The maximum atomic E-state index is 12.8. The van der Waals surface area contributed by atoms with Gasteiger partial charge >= 0.3 is 16.9 Å². The number of nitro groups is 1. The van der Waals surface area contributed by atoms with Crippen LogP contribution >= 0.6 is 11.8 Å². The lowest BCUT2D eigenvalue weighted by molar-refractivity contribution is -0.759. The highest BCUT2D eigenvalue weighted by Crippen LogP contribution is 2.42. The molecule has 0 saturated heterocycles. The maximum Gasteiger partial charge on any atom is 0.326 e. The molecule has 2 heterocycles. The van der Waals surface area contributed by atoms with Gasteiger partial charge in [-0.15, -0.1) is 0 Å². The summed E-state index contributed by atoms with van der Waals surface area (Å²) < 4.78 is 6.50. The molecular weight excluding hydrogens is 398 g/mol. The Kier molecular flexibility index (Phi) is 4.59. The van der Waals surface area contributed by atoms with Crippen LogP contribution in [0, 0.1) is 10.1 Å². The van der Waals surface area contributed by atoms with Crippen molar-refractivity contribution in [2.75, 3.05) is 18.7 Å². The Morgan fingerprint density at radius 1 is 1.31 bits per heavy atom. The third-order valence-corrected chi connectivity index (χ3v) is 5.17. The molecule has 148 valence electrons. The first-order chi connectivity index (χ1) is 14.0. The average molecular weight is 414 g/mol. The number of nitro benzene ring substituents is 1. The molecule has 0 aliphatic carbocycles. The van der Waals surface area contributed by atoms with Gasteiger partial charge in [-0.05, 0) is 35.2 Å². The largest absolute Gasteiger partial charge is 0.504 e. The molecule has 0 fully saturated rings. The van der Waals surface area contributed by atoms with Gasteiger partial charge in [-0.25, -0.2) is 0 Å². The van der Waals surface area contributed by atoms with Crippen LogP contribution in [0.15, 0.2) is 46.3 Å². The molecule has 0 bridgehead atoms. The molecule has 11 heteroatoms. The number of anilines is 1. The van der Waals surface area contributed by atoms with Gasteiger partial charge in [-0.2, -0.15) is 0 Å². The van der Waals surface area contributed by atoms with Crippen molar-refractivity contribution in [1.29, 1.82) is 0 Å². The molecule has 0 spiro atoms. The van der Waals surface area contributed by atoms with Gasteiger partial charge in [0, 0.05) is 5.10 Å². The number of phenolic OH excluding ortho intramolecular Hbond substituents is 1. The van der Waals surface area contributed by atoms with Gasteiger partial charge in [-0.3, -0.25) is 19.9 Å². The Labute approximate surface area is 168 Å². The number of thioether (sulfide) groups is 1. The van der Waals surface area contributed by atoms with Crippen LogP contribution in [-0.2, 0) is 0 Å². The number of rotatable bonds is 4. The number of nitrogens with one attached hydrogen (secondary N) is 2. The molecule has 29 heavy (non-hydrogen) atoms. The first-order valence-electron chi connectivity index (χ1n) is 8.46. The number of H-pyrrole nitrogens is 1. The molecule has 0 unspecified atom stereocenters. The summed E-state index contributed by atoms with van der Waals surface area (Å²) in [6.07, 6.45) is 0.888. The highest BCUT2D eigenvalue weighted by atomic mass is 32.2. The third kappa shape index (κ3) is 2.95. The quantitative estimate of drug-likeness (QED) is 0.256. The first kappa shape index (κ1) is 18.7. The molecule has 1 aliphatic rings. The van der Waals surface area contributed by atoms with Crippen LogP contribution in [0.4, 0.5) is 11.4 Å². The van der Waals surface area contributed by atoms with E-state index < -0.39 is 16.8 Å². The van der Waals surface area contributed by atoms with Crippen molar-refractivity contribution in [2.24, 2.45) is 0 Å². The normalized spacial score (nSPS) is 14.5. The standard InChI is InChI=1S/C18H15N5O5S/c1-28-15-12(24)8-7-10(13(15)23(26)27)16-19-11-6-4-3-5-9(11)14-17(25)20-18(29-2)21-22(14)16/h3-8,16H,1-2H3,(H2,20,21,24,25)/p+1/t16-/m1/s1. The van der Waals surface area contributed by atoms with E-state index >= 15 is 0 Å². The van der Waals surface area contributed by atoms with E-state index in [9.17, 15) is 20.0 Å². The number of benzene rings is 2. The van der Waals surface area contributed by atoms with Gasteiger partial charge in [0.05, 0.1) is 23.3 Å². The van der Waals surface area contributed by atoms with Crippen LogP contribution in [0.1, 0.15) is 11.7 Å². The summed E-state index contributed by atoms with van der Waals surface area (Å²) in [5.74, 6) is -0.613. The number of aromatic amines is 1. The third-order valence-electron chi connectivity index (χ3n) is 4.60. The predicted octanol–water partition coefficient (Wildman–Crippen LogP) is 2.04. The molecule has 1 aromatic heterocycles. The number of methoxy groups -OCH3 is 1. The van der Waals surface area contributed by atoms with Crippen LogP contribution in [0.25, 0.3) is 11.3 Å². The SMILES string of the molecule is COc1c(O)ccc([C@@H]2Nc3ccccc3-c3c(=O)[nH]c(SC)n[n+]32)c1[N+](=O)[O-]. The van der Waals surface area contributed by atoms with Gasteiger partial charge in [0.15, 0.2) is 5.75 Å². The van der Waals surface area contributed by atoms with E-state index in [0.29, 0.717) is 16.4 Å². The van der Waals surface area contributed by atoms with Gasteiger partial charge in [0.25, 0.3) is 6.17 Å². The molecule has 1 atom stereocenters. The van der Waals surface area contributed by atoms with Gasteiger partial charge in [-0.1, -0.05) is 23.9 Å². The molecule has 3 aromatic rings. The van der Waals surface area contributed by atoms with E-state index in [4.69, 9.17) is 4.74 Å². The van der Waals surface area contributed by atoms with E-state index in [1.54, 1.807) is 30.5 Å². The number of aromatic hydroxyl groups is 1. The number of ether oxygens (including phenoxy) is 1. The number of hydrogen-bond acceptors (Lipinski definition) is 8. The van der Waals surface area contributed by atoms with E-state index in [2.05, 4.69) is 15.4 Å². The predicted molar refractivity (Wildman–Crippen MR) is 105 cm³/mol. The number of para-hydroxylation sites is 1. The summed E-state index contributed by atoms with van der Waals surface area (Å²) in [7, 11) is 1.24. The van der Waals surface area contributed by atoms with Crippen molar-refractivity contribution in [3.8, 4) is 22.8 Å². The van der Waals surface area contributed by atoms with Gasteiger partial charge in [0.1, 0.15) is 5.56 Å². The van der Waals surface area contributed by atoms with Crippen LogP contribution in [-0.4, -0.2) is 33.5 Å². The molecule has 3 N–H and O–H groups in total. The van der Waals surface area contributed by atoms with E-state index in [-0.39, 0.29) is 28.3 Å². The summed E-state index contributed by atoms with van der Waals surface area (Å²) in [5.41, 5.74) is 0.938. The van der Waals surface area contributed by atoms with Gasteiger partial charge in [0.2, 0.25) is 10.9 Å². The lowest BCUT2D eigenvalue weighted by Crippen LogP contribution is -2.55. The zero-order chi connectivity index (χ0) is 20.7. The van der Waals surface area contributed by atoms with E-state index in [1.807, 2.05) is 0 Å². The molecule has 10 nitrogen and oxygen atoms in total. The second-order valence-electron chi connectivity index (χ2n) is 6.16. The molecule has 0 saturated carbocycles. The van der Waals surface area contributed by atoms with Crippen molar-refractivity contribution < 1.29 is 19.4 Å². The fourth-order valence-electron chi connectivity index (χ4n) is 3.38. The highest BCUT2D eigenvalue weighted by Gasteiger charge is 2.42. The summed E-state index contributed by atoms with van der Waals surface area (Å²) in [5, 5.41) is 29.9. The molecule has 1 aliphatic heterocycles. The van der Waals surface area contributed by atoms with Gasteiger partial charge < -0.3 is 15.2 Å². The Balaban J connectivity index is 2.05. The average Bonchev–Trinajstić information content (AvgIpc) is 2.72. The zero-order valence-electron chi connectivity index (χ0n) is 15.4. The molecule has 2 aromatic carbocycles. The fraction of sp³-hybridized carbons (Fsp3) is 0.167. The second kappa shape index (κ2) is 7.09. The minimum atomic E-state index is -0.872. The molecule has 4 rings (SSSR count). The number of fused-ring (bicyclic) bond motifs is 3. The summed E-state index contributed by atoms with van der Waals surface area (Å²) in [6.45, 7) is 0. The van der Waals surface area contributed by atoms with Crippen molar-refractivity contribution in [3.63, 3.8) is 0 Å². The highest BCUT2D eigenvalue weighted by molar-refractivity contribution is 7.98. The summed E-state index contributed by atoms with van der Waals surface area (Å²) in [6, 6.07) is 9.86. The minimum Gasteiger partial charge on any atom is -0.504 e. The fourth-order valence-corrected chi connectivity index (χ4v) is 3.74. The van der Waals surface area contributed by atoms with Crippen molar-refractivity contribution in [1.82, 2.24) is 10.1 Å². The Bertz CT molecular complexity index is 1200. The monoisotopic (exact) mass is 414 g/mol. The first-order valence-corrected chi connectivity index (χ1v) is 9.69. The number of nitrogens with zero attached hydrogens (tertiary/aromatic N) is 3. The number of phenols is 1. The summed E-state index contributed by atoms with van der Waals surface area (Å²) in [4.78, 5) is 26.7. The van der Waals surface area contributed by atoms with E-state index in [1.165, 1.54) is 35.7 Å². The summed E-state index contributed by atoms with van der Waals surface area (Å²) >= 11 is 1.24. The maximum absolute atomic E-state index is 12.8. The molecule has 0 radical (unpaired) electrons. The second-order valence-corrected chi connectivity index (χ2v) is 6.96. The number of hydrogen-bond donors (Lipinski definition) is 3. The van der Waals surface area contributed by atoms with Crippen LogP contribution in [0.2, 0.25) is 0 Å². The van der Waals surface area contributed by atoms with Crippen LogP contribution in [0.3, 0.4) is 0 Å². The smallest absolute Gasteiger partial charge is 0.326 e. The Morgan fingerprint density at radius 2 is 2.07 bits per heavy atom. The lowest BCUT2D eigenvalue weighted by atomic mass is 10.0.